The average molecular weight is 456 g/mol. The first-order valence-corrected chi connectivity index (χ1v) is 12.0. The number of amides is 1. The van der Waals surface area contributed by atoms with E-state index in [2.05, 4.69) is 5.32 Å². The van der Waals surface area contributed by atoms with E-state index in [-0.39, 0.29) is 16.5 Å². The molecule has 174 valence electrons. The molecule has 1 N–H and O–H groups in total. The fourth-order valence-corrected chi connectivity index (χ4v) is 5.09. The third-order valence-corrected chi connectivity index (χ3v) is 7.18. The van der Waals surface area contributed by atoms with Gasteiger partial charge in [-0.05, 0) is 38.0 Å². The van der Waals surface area contributed by atoms with Crippen molar-refractivity contribution >= 4 is 27.6 Å². The second-order valence-electron chi connectivity index (χ2n) is 7.46. The molecule has 0 radical (unpaired) electrons. The van der Waals surface area contributed by atoms with Gasteiger partial charge in [0.25, 0.3) is 5.91 Å². The van der Waals surface area contributed by atoms with Gasteiger partial charge < -0.3 is 19.7 Å². The van der Waals surface area contributed by atoms with Crippen molar-refractivity contribution in [1.82, 2.24) is 9.62 Å². The zero-order valence-electron chi connectivity index (χ0n) is 18.7. The van der Waals surface area contributed by atoms with Crippen LogP contribution in [0.2, 0.25) is 0 Å². The smallest absolute Gasteiger partial charge is 0.340 e. The highest BCUT2D eigenvalue weighted by molar-refractivity contribution is 7.89. The number of sulfonamides is 1. The number of hydrogen-bond donors (Lipinski definition) is 1. The number of nitrogens with zero attached hydrogens (tertiary/aromatic N) is 2. The molecule has 0 spiro atoms. The summed E-state index contributed by atoms with van der Waals surface area (Å²) in [5.74, 6) is -1.18. The predicted octanol–water partition coefficient (Wildman–Crippen LogP) is 1.63. The Morgan fingerprint density at radius 2 is 1.84 bits per heavy atom. The van der Waals surface area contributed by atoms with Gasteiger partial charge in [-0.1, -0.05) is 13.8 Å². The van der Waals surface area contributed by atoms with Crippen LogP contribution in [0.1, 0.15) is 44.0 Å². The van der Waals surface area contributed by atoms with Crippen LogP contribution in [0.3, 0.4) is 0 Å². The Balaban J connectivity index is 2.27. The molecule has 1 saturated heterocycles. The first-order valence-electron chi connectivity index (χ1n) is 10.6. The van der Waals surface area contributed by atoms with E-state index in [9.17, 15) is 18.0 Å². The van der Waals surface area contributed by atoms with E-state index in [1.807, 2.05) is 4.90 Å². The van der Waals surface area contributed by atoms with E-state index < -0.39 is 28.5 Å². The van der Waals surface area contributed by atoms with Gasteiger partial charge in [-0.15, -0.1) is 0 Å². The van der Waals surface area contributed by atoms with Crippen molar-refractivity contribution in [3.63, 3.8) is 0 Å². The molecule has 2 rings (SSSR count). The molecule has 0 saturated carbocycles. The van der Waals surface area contributed by atoms with Gasteiger partial charge in [0, 0.05) is 39.3 Å². The topological polar surface area (TPSA) is 105 Å². The minimum atomic E-state index is -3.74. The van der Waals surface area contributed by atoms with Gasteiger partial charge in [-0.2, -0.15) is 4.31 Å². The minimum absolute atomic E-state index is 0.0317. The number of hydrogen-bond acceptors (Lipinski definition) is 7. The SMILES string of the molecule is CCN(CC)S(=O)(=O)c1ccc(N2CCCC2)c(C(=O)OCC(=O)NC(C)COC)c1. The Kier molecular flexibility index (Phi) is 9.27. The Labute approximate surface area is 184 Å². The first kappa shape index (κ1) is 25.1. The maximum absolute atomic E-state index is 12.9. The van der Waals surface area contributed by atoms with E-state index in [0.29, 0.717) is 25.4 Å². The van der Waals surface area contributed by atoms with Crippen molar-refractivity contribution in [2.75, 3.05) is 51.4 Å². The van der Waals surface area contributed by atoms with Crippen LogP contribution >= 0.6 is 0 Å². The fraction of sp³-hybridized carbons (Fsp3) is 0.619. The number of methoxy groups -OCH3 is 1. The summed E-state index contributed by atoms with van der Waals surface area (Å²) in [5.41, 5.74) is 0.766. The number of rotatable bonds is 11. The van der Waals surface area contributed by atoms with E-state index in [1.54, 1.807) is 26.8 Å². The maximum atomic E-state index is 12.9. The highest BCUT2D eigenvalue weighted by Gasteiger charge is 2.27. The zero-order chi connectivity index (χ0) is 23.0. The molecule has 1 fully saturated rings. The summed E-state index contributed by atoms with van der Waals surface area (Å²) in [4.78, 5) is 27.0. The van der Waals surface area contributed by atoms with Crippen molar-refractivity contribution in [3.05, 3.63) is 23.8 Å². The van der Waals surface area contributed by atoms with Crippen LogP contribution in [-0.2, 0) is 24.3 Å². The molecule has 9 nitrogen and oxygen atoms in total. The highest BCUT2D eigenvalue weighted by Crippen LogP contribution is 2.29. The second kappa shape index (κ2) is 11.4. The lowest BCUT2D eigenvalue weighted by atomic mass is 10.1. The number of anilines is 1. The first-order chi connectivity index (χ1) is 14.7. The molecular formula is C21H33N3O6S. The van der Waals surface area contributed by atoms with E-state index in [4.69, 9.17) is 9.47 Å². The Bertz CT molecular complexity index is 864. The minimum Gasteiger partial charge on any atom is -0.452 e. The lowest BCUT2D eigenvalue weighted by Gasteiger charge is -2.23. The number of benzene rings is 1. The number of nitrogens with one attached hydrogen (secondary N) is 1. The Morgan fingerprint density at radius 1 is 1.19 bits per heavy atom. The van der Waals surface area contributed by atoms with Crippen molar-refractivity contribution < 1.29 is 27.5 Å². The normalized spacial score (nSPS) is 15.2. The van der Waals surface area contributed by atoms with Gasteiger partial charge in [0.05, 0.1) is 22.8 Å². The van der Waals surface area contributed by atoms with Crippen molar-refractivity contribution in [2.45, 2.75) is 44.6 Å². The molecule has 1 heterocycles. The monoisotopic (exact) mass is 455 g/mol. The summed E-state index contributed by atoms with van der Waals surface area (Å²) in [6, 6.07) is 4.31. The molecule has 0 bridgehead atoms. The van der Waals surface area contributed by atoms with Crippen molar-refractivity contribution in [2.24, 2.45) is 0 Å². The van der Waals surface area contributed by atoms with Crippen LogP contribution < -0.4 is 10.2 Å². The summed E-state index contributed by atoms with van der Waals surface area (Å²) in [6.45, 7) is 7.38. The van der Waals surface area contributed by atoms with Gasteiger partial charge in [-0.3, -0.25) is 4.79 Å². The summed E-state index contributed by atoms with van der Waals surface area (Å²) in [7, 11) is -2.21. The molecule has 1 aromatic carbocycles. The van der Waals surface area contributed by atoms with Crippen LogP contribution in [0.25, 0.3) is 0 Å². The third kappa shape index (κ3) is 6.41. The van der Waals surface area contributed by atoms with Gasteiger partial charge in [-0.25, -0.2) is 13.2 Å². The molecule has 1 aliphatic rings. The molecule has 31 heavy (non-hydrogen) atoms. The molecule has 1 aliphatic heterocycles. The van der Waals surface area contributed by atoms with Crippen LogP contribution in [0.15, 0.2) is 23.1 Å². The molecule has 1 amide bonds. The fourth-order valence-electron chi connectivity index (χ4n) is 3.60. The summed E-state index contributed by atoms with van der Waals surface area (Å²) in [5, 5.41) is 2.67. The van der Waals surface area contributed by atoms with Crippen LogP contribution in [0.4, 0.5) is 5.69 Å². The second-order valence-corrected chi connectivity index (χ2v) is 9.40. The van der Waals surface area contributed by atoms with Crippen LogP contribution in [0.5, 0.6) is 0 Å². The van der Waals surface area contributed by atoms with Crippen LogP contribution in [0, 0.1) is 0 Å². The molecule has 0 aromatic heterocycles. The third-order valence-electron chi connectivity index (χ3n) is 5.14. The molecule has 0 aliphatic carbocycles. The van der Waals surface area contributed by atoms with E-state index in [0.717, 1.165) is 25.9 Å². The van der Waals surface area contributed by atoms with Crippen LogP contribution in [-0.4, -0.2) is 77.1 Å². The lowest BCUT2D eigenvalue weighted by Crippen LogP contribution is -2.38. The summed E-state index contributed by atoms with van der Waals surface area (Å²) >= 11 is 0. The van der Waals surface area contributed by atoms with E-state index in [1.165, 1.54) is 23.5 Å². The zero-order valence-corrected chi connectivity index (χ0v) is 19.5. The summed E-state index contributed by atoms with van der Waals surface area (Å²) in [6.07, 6.45) is 1.99. The maximum Gasteiger partial charge on any atom is 0.340 e. The predicted molar refractivity (Wildman–Crippen MR) is 118 cm³/mol. The molecule has 1 atom stereocenters. The molecule has 1 unspecified atom stereocenters. The van der Waals surface area contributed by atoms with Crippen molar-refractivity contribution in [1.29, 1.82) is 0 Å². The van der Waals surface area contributed by atoms with Gasteiger partial charge >= 0.3 is 5.97 Å². The van der Waals surface area contributed by atoms with Crippen molar-refractivity contribution in [3.8, 4) is 0 Å². The quantitative estimate of drug-likeness (QED) is 0.506. The number of esters is 1. The van der Waals surface area contributed by atoms with Gasteiger partial charge in [0.2, 0.25) is 10.0 Å². The van der Waals surface area contributed by atoms with E-state index >= 15 is 0 Å². The van der Waals surface area contributed by atoms with Gasteiger partial charge in [0.1, 0.15) is 0 Å². The molecular weight excluding hydrogens is 422 g/mol. The summed E-state index contributed by atoms with van der Waals surface area (Å²) < 4.78 is 37.4. The number of ether oxygens (including phenoxy) is 2. The standard InChI is InChI=1S/C21H33N3O6S/c1-5-24(6-2)31(27,28)17-9-10-19(23-11-7-8-12-23)18(13-17)21(26)30-15-20(25)22-16(3)14-29-4/h9-10,13,16H,5-8,11-12,14-15H2,1-4H3,(H,22,25). The molecule has 10 heteroatoms. The number of carbonyl (C=O) groups is 2. The Morgan fingerprint density at radius 3 is 2.42 bits per heavy atom. The van der Waals surface area contributed by atoms with Gasteiger partial charge in [0.15, 0.2) is 6.61 Å². The highest BCUT2D eigenvalue weighted by atomic mass is 32.2. The average Bonchev–Trinajstić information content (AvgIpc) is 3.27. The molecule has 1 aromatic rings. The number of carbonyl (C=O) groups excluding carboxylic acids is 2. The largest absolute Gasteiger partial charge is 0.452 e. The Hall–Kier alpha value is -2.17. The lowest BCUT2D eigenvalue weighted by molar-refractivity contribution is -0.125.